The number of ether oxygens (including phenoxy) is 1. The van der Waals surface area contributed by atoms with Crippen molar-refractivity contribution in [1.29, 1.82) is 0 Å². The molecule has 0 fully saturated rings. The molecule has 0 spiro atoms. The number of carbonyl (C=O) groups excluding carboxylic acids is 1. The summed E-state index contributed by atoms with van der Waals surface area (Å²) in [5.41, 5.74) is 4.70. The molecule has 0 radical (unpaired) electrons. The van der Waals surface area contributed by atoms with Crippen LogP contribution in [-0.4, -0.2) is 23.1 Å². The van der Waals surface area contributed by atoms with Gasteiger partial charge in [0.25, 0.3) is 0 Å². The zero-order chi connectivity index (χ0) is 22.5. The molecule has 0 saturated heterocycles. The second kappa shape index (κ2) is 9.72. The minimum absolute atomic E-state index is 0.235. The summed E-state index contributed by atoms with van der Waals surface area (Å²) in [7, 11) is 1.61. The Morgan fingerprint density at radius 2 is 1.88 bits per heavy atom. The molecule has 7 heteroatoms. The highest BCUT2D eigenvalue weighted by molar-refractivity contribution is 7.80. The van der Waals surface area contributed by atoms with E-state index in [9.17, 15) is 4.79 Å². The van der Waals surface area contributed by atoms with Gasteiger partial charge in [-0.3, -0.25) is 10.1 Å². The Labute approximate surface area is 195 Å². The molecule has 0 saturated carbocycles. The number of benzene rings is 3. The highest BCUT2D eigenvalue weighted by atomic mass is 32.1. The van der Waals surface area contributed by atoms with E-state index in [0.717, 1.165) is 43.4 Å². The zero-order valence-electron chi connectivity index (χ0n) is 17.6. The number of nitrogens with one attached hydrogen (secondary N) is 2. The summed E-state index contributed by atoms with van der Waals surface area (Å²) in [5, 5.41) is 6.98. The number of carbonyl (C=O) groups is 1. The van der Waals surface area contributed by atoms with Crippen LogP contribution in [0.3, 0.4) is 0 Å². The van der Waals surface area contributed by atoms with Gasteiger partial charge in [-0.05, 0) is 66.7 Å². The summed E-state index contributed by atoms with van der Waals surface area (Å²) in [6.07, 6.45) is 3.16. The number of thiazole rings is 1. The van der Waals surface area contributed by atoms with Gasteiger partial charge in [0.1, 0.15) is 10.8 Å². The van der Waals surface area contributed by atoms with E-state index in [0.29, 0.717) is 0 Å². The largest absolute Gasteiger partial charge is 0.497 e. The van der Waals surface area contributed by atoms with E-state index in [2.05, 4.69) is 16.7 Å². The molecule has 5 nitrogen and oxygen atoms in total. The Morgan fingerprint density at radius 3 is 2.62 bits per heavy atom. The van der Waals surface area contributed by atoms with Crippen LogP contribution in [0, 0.1) is 6.92 Å². The van der Waals surface area contributed by atoms with Gasteiger partial charge in [0.05, 0.1) is 17.3 Å². The smallest absolute Gasteiger partial charge is 0.250 e. The molecule has 0 atom stereocenters. The first-order valence-electron chi connectivity index (χ1n) is 9.92. The van der Waals surface area contributed by atoms with Crippen LogP contribution in [0.4, 0.5) is 5.69 Å². The lowest BCUT2D eigenvalue weighted by molar-refractivity contribution is -0.115. The molecule has 3 aromatic carbocycles. The van der Waals surface area contributed by atoms with Gasteiger partial charge in [-0.15, -0.1) is 11.3 Å². The Bertz CT molecular complexity index is 1280. The molecular weight excluding hydrogens is 438 g/mol. The first kappa shape index (κ1) is 21.7. The van der Waals surface area contributed by atoms with E-state index in [4.69, 9.17) is 21.9 Å². The summed E-state index contributed by atoms with van der Waals surface area (Å²) >= 11 is 6.98. The number of anilines is 1. The number of methoxy groups -OCH3 is 1. The standard InChI is InChI=1S/C25H21N3O2S2/c1-16-7-11-18(24-26-20-5-3-4-6-22(20)32-24)15-21(16)27-25(31)28-23(29)14-10-17-8-12-19(30-2)13-9-17/h3-15H,1-2H3,(H2,27,28,29,31)/b14-10+. The topological polar surface area (TPSA) is 63.2 Å². The number of para-hydroxylation sites is 1. The van der Waals surface area contributed by atoms with Crippen molar-refractivity contribution in [2.45, 2.75) is 6.92 Å². The molecule has 1 amide bonds. The maximum absolute atomic E-state index is 12.3. The van der Waals surface area contributed by atoms with Crippen LogP contribution >= 0.6 is 23.6 Å². The van der Waals surface area contributed by atoms with Crippen molar-refractivity contribution in [2.75, 3.05) is 12.4 Å². The first-order chi connectivity index (χ1) is 15.5. The Hall–Kier alpha value is -3.55. The quantitative estimate of drug-likeness (QED) is 0.291. The lowest BCUT2D eigenvalue weighted by atomic mass is 10.1. The van der Waals surface area contributed by atoms with Gasteiger partial charge in [0.2, 0.25) is 5.91 Å². The highest BCUT2D eigenvalue weighted by Gasteiger charge is 2.10. The molecule has 0 aliphatic carbocycles. The molecule has 1 aromatic heterocycles. The van der Waals surface area contributed by atoms with Crippen molar-refractivity contribution in [1.82, 2.24) is 10.3 Å². The molecule has 1 heterocycles. The fourth-order valence-electron chi connectivity index (χ4n) is 3.08. The van der Waals surface area contributed by atoms with Gasteiger partial charge < -0.3 is 10.1 Å². The Kier molecular flexibility index (Phi) is 6.58. The summed E-state index contributed by atoms with van der Waals surface area (Å²) in [4.78, 5) is 17.0. The number of hydrogen-bond donors (Lipinski definition) is 2. The van der Waals surface area contributed by atoms with Crippen LogP contribution in [0.25, 0.3) is 26.9 Å². The van der Waals surface area contributed by atoms with Gasteiger partial charge >= 0.3 is 0 Å². The van der Waals surface area contributed by atoms with Crippen LogP contribution in [0.1, 0.15) is 11.1 Å². The van der Waals surface area contributed by atoms with Crippen molar-refractivity contribution in [3.63, 3.8) is 0 Å². The van der Waals surface area contributed by atoms with Crippen LogP contribution < -0.4 is 15.4 Å². The first-order valence-corrected chi connectivity index (χ1v) is 11.1. The highest BCUT2D eigenvalue weighted by Crippen LogP contribution is 2.32. The van der Waals surface area contributed by atoms with Crippen molar-refractivity contribution in [2.24, 2.45) is 0 Å². The maximum Gasteiger partial charge on any atom is 0.250 e. The summed E-state index contributed by atoms with van der Waals surface area (Å²) in [6.45, 7) is 1.98. The second-order valence-corrected chi connectivity index (χ2v) is 8.51. The van der Waals surface area contributed by atoms with Crippen LogP contribution in [-0.2, 0) is 4.79 Å². The number of aromatic nitrogens is 1. The minimum Gasteiger partial charge on any atom is -0.497 e. The normalized spacial score (nSPS) is 10.9. The fraction of sp³-hybridized carbons (Fsp3) is 0.0800. The molecule has 160 valence electrons. The molecule has 4 rings (SSSR count). The molecular formula is C25H21N3O2S2. The summed E-state index contributed by atoms with van der Waals surface area (Å²) in [5.74, 6) is 0.457. The van der Waals surface area contributed by atoms with Crippen molar-refractivity contribution >= 4 is 56.6 Å². The predicted molar refractivity (Wildman–Crippen MR) is 136 cm³/mol. The number of aryl methyl sites for hydroxylation is 1. The third kappa shape index (κ3) is 5.19. The molecule has 2 N–H and O–H groups in total. The number of fused-ring (bicyclic) bond motifs is 1. The average molecular weight is 460 g/mol. The third-order valence-corrected chi connectivity index (χ3v) is 6.10. The minimum atomic E-state index is -0.307. The van der Waals surface area contributed by atoms with Crippen molar-refractivity contribution < 1.29 is 9.53 Å². The monoisotopic (exact) mass is 459 g/mol. The van der Waals surface area contributed by atoms with Crippen LogP contribution in [0.15, 0.2) is 72.8 Å². The number of thiocarbonyl (C=S) groups is 1. The zero-order valence-corrected chi connectivity index (χ0v) is 19.2. The molecule has 0 unspecified atom stereocenters. The van der Waals surface area contributed by atoms with Gasteiger partial charge in [-0.25, -0.2) is 4.98 Å². The Balaban J connectivity index is 1.42. The SMILES string of the molecule is COc1ccc(/C=C/C(=O)NC(=S)Nc2cc(-c3nc4ccccc4s3)ccc2C)cc1. The lowest BCUT2D eigenvalue weighted by Crippen LogP contribution is -2.33. The number of amides is 1. The van der Waals surface area contributed by atoms with Gasteiger partial charge in [0.15, 0.2) is 5.11 Å². The van der Waals surface area contributed by atoms with E-state index in [-0.39, 0.29) is 11.0 Å². The molecule has 0 bridgehead atoms. The van der Waals surface area contributed by atoms with E-state index in [1.807, 2.05) is 67.6 Å². The second-order valence-electron chi connectivity index (χ2n) is 7.07. The molecule has 4 aromatic rings. The number of rotatable bonds is 5. The molecule has 0 aliphatic heterocycles. The Morgan fingerprint density at radius 1 is 1.09 bits per heavy atom. The number of nitrogens with zero attached hydrogens (tertiary/aromatic N) is 1. The van der Waals surface area contributed by atoms with E-state index in [1.165, 1.54) is 6.08 Å². The lowest BCUT2D eigenvalue weighted by Gasteiger charge is -2.12. The van der Waals surface area contributed by atoms with Crippen LogP contribution in [0.2, 0.25) is 0 Å². The maximum atomic E-state index is 12.3. The summed E-state index contributed by atoms with van der Waals surface area (Å²) < 4.78 is 6.28. The molecule has 0 aliphatic rings. The van der Waals surface area contributed by atoms with Gasteiger partial charge in [0, 0.05) is 17.3 Å². The van der Waals surface area contributed by atoms with E-state index < -0.39 is 0 Å². The molecule has 32 heavy (non-hydrogen) atoms. The van der Waals surface area contributed by atoms with Gasteiger partial charge in [-0.2, -0.15) is 0 Å². The van der Waals surface area contributed by atoms with Crippen molar-refractivity contribution in [3.8, 4) is 16.3 Å². The van der Waals surface area contributed by atoms with Gasteiger partial charge in [-0.1, -0.05) is 36.4 Å². The average Bonchev–Trinajstić information content (AvgIpc) is 3.24. The predicted octanol–water partition coefficient (Wildman–Crippen LogP) is 5.81. The fourth-order valence-corrected chi connectivity index (χ4v) is 4.25. The van der Waals surface area contributed by atoms with E-state index in [1.54, 1.807) is 24.5 Å². The van der Waals surface area contributed by atoms with Crippen LogP contribution in [0.5, 0.6) is 5.75 Å². The third-order valence-electron chi connectivity index (χ3n) is 4.81. The number of hydrogen-bond acceptors (Lipinski definition) is 5. The van der Waals surface area contributed by atoms with Crippen molar-refractivity contribution in [3.05, 3.63) is 83.9 Å². The summed E-state index contributed by atoms with van der Waals surface area (Å²) in [6, 6.07) is 21.5. The van der Waals surface area contributed by atoms with E-state index >= 15 is 0 Å².